The number of rotatable bonds is 6. The van der Waals surface area contributed by atoms with E-state index in [9.17, 15) is 13.2 Å². The minimum atomic E-state index is -3.65. The SMILES string of the molecule is CN(c1ccc(OC(=O)/C=C/c2ccccc2)cc1)S(=O)(=O)c1ccccc1. The van der Waals surface area contributed by atoms with Gasteiger partial charge in [-0.25, -0.2) is 13.2 Å². The second-order valence-electron chi connectivity index (χ2n) is 5.94. The molecule has 0 aliphatic rings. The second kappa shape index (κ2) is 8.54. The van der Waals surface area contributed by atoms with Crippen molar-refractivity contribution in [1.82, 2.24) is 0 Å². The van der Waals surface area contributed by atoms with Crippen LogP contribution in [0.5, 0.6) is 5.75 Å². The zero-order valence-corrected chi connectivity index (χ0v) is 16.0. The van der Waals surface area contributed by atoms with Crippen LogP contribution in [0.15, 0.2) is 95.9 Å². The summed E-state index contributed by atoms with van der Waals surface area (Å²) < 4.78 is 31.7. The maximum absolute atomic E-state index is 12.6. The van der Waals surface area contributed by atoms with E-state index in [1.54, 1.807) is 60.7 Å². The van der Waals surface area contributed by atoms with E-state index >= 15 is 0 Å². The van der Waals surface area contributed by atoms with Crippen molar-refractivity contribution in [2.45, 2.75) is 4.90 Å². The molecule has 0 saturated heterocycles. The van der Waals surface area contributed by atoms with Crippen molar-refractivity contribution in [3.05, 3.63) is 96.6 Å². The average Bonchev–Trinajstić information content (AvgIpc) is 2.73. The average molecular weight is 393 g/mol. The quantitative estimate of drug-likeness (QED) is 0.359. The van der Waals surface area contributed by atoms with Crippen LogP contribution in [0.1, 0.15) is 5.56 Å². The van der Waals surface area contributed by atoms with Gasteiger partial charge in [0.25, 0.3) is 10.0 Å². The smallest absolute Gasteiger partial charge is 0.336 e. The highest BCUT2D eigenvalue weighted by Gasteiger charge is 2.20. The molecule has 0 N–H and O–H groups in total. The van der Waals surface area contributed by atoms with Gasteiger partial charge in [-0.15, -0.1) is 0 Å². The minimum absolute atomic E-state index is 0.207. The van der Waals surface area contributed by atoms with Gasteiger partial charge in [0.05, 0.1) is 10.6 Å². The van der Waals surface area contributed by atoms with Crippen LogP contribution in [0.4, 0.5) is 5.69 Å². The monoisotopic (exact) mass is 393 g/mol. The Labute approximate surface area is 164 Å². The fourth-order valence-corrected chi connectivity index (χ4v) is 3.71. The number of hydrogen-bond acceptors (Lipinski definition) is 4. The molecule has 0 fully saturated rings. The van der Waals surface area contributed by atoms with Crippen LogP contribution < -0.4 is 9.04 Å². The topological polar surface area (TPSA) is 63.7 Å². The Hall–Kier alpha value is -3.38. The number of carbonyl (C=O) groups excluding carboxylic acids is 1. The van der Waals surface area contributed by atoms with Crippen molar-refractivity contribution in [3.8, 4) is 5.75 Å². The lowest BCUT2D eigenvalue weighted by Crippen LogP contribution is -2.26. The Morgan fingerprint density at radius 3 is 2.04 bits per heavy atom. The molecule has 0 aliphatic carbocycles. The Bertz CT molecular complexity index is 1060. The highest BCUT2D eigenvalue weighted by molar-refractivity contribution is 7.92. The number of sulfonamides is 1. The van der Waals surface area contributed by atoms with Crippen molar-refractivity contribution in [2.75, 3.05) is 11.4 Å². The third-order valence-corrected chi connectivity index (χ3v) is 5.83. The van der Waals surface area contributed by atoms with Crippen LogP contribution in [0.2, 0.25) is 0 Å². The van der Waals surface area contributed by atoms with Gasteiger partial charge in [-0.2, -0.15) is 0 Å². The fourth-order valence-electron chi connectivity index (χ4n) is 2.49. The zero-order valence-electron chi connectivity index (χ0n) is 15.2. The second-order valence-corrected chi connectivity index (χ2v) is 7.91. The summed E-state index contributed by atoms with van der Waals surface area (Å²) in [6, 6.07) is 23.9. The van der Waals surface area contributed by atoms with Crippen molar-refractivity contribution in [1.29, 1.82) is 0 Å². The molecule has 0 amide bonds. The predicted octanol–water partition coefficient (Wildman–Crippen LogP) is 4.13. The molecule has 0 heterocycles. The number of ether oxygens (including phenoxy) is 1. The molecule has 0 atom stereocenters. The summed E-state index contributed by atoms with van der Waals surface area (Å²) in [5.74, 6) is -0.182. The number of carbonyl (C=O) groups is 1. The van der Waals surface area contributed by atoms with E-state index in [2.05, 4.69) is 0 Å². The molecule has 28 heavy (non-hydrogen) atoms. The minimum Gasteiger partial charge on any atom is -0.423 e. The molecule has 5 nitrogen and oxygen atoms in total. The first-order chi connectivity index (χ1) is 13.5. The lowest BCUT2D eigenvalue weighted by molar-refractivity contribution is -0.128. The normalized spacial score (nSPS) is 11.3. The molecule has 0 radical (unpaired) electrons. The molecule has 0 saturated carbocycles. The van der Waals surface area contributed by atoms with Gasteiger partial charge >= 0.3 is 5.97 Å². The third-order valence-electron chi connectivity index (χ3n) is 4.03. The lowest BCUT2D eigenvalue weighted by Gasteiger charge is -2.19. The van der Waals surface area contributed by atoms with Crippen LogP contribution in [-0.4, -0.2) is 21.4 Å². The van der Waals surface area contributed by atoms with Gasteiger partial charge in [0.15, 0.2) is 0 Å². The molecular formula is C22H19NO4S. The molecule has 0 unspecified atom stereocenters. The van der Waals surface area contributed by atoms with Crippen molar-refractivity contribution in [2.24, 2.45) is 0 Å². The van der Waals surface area contributed by atoms with E-state index in [-0.39, 0.29) is 4.90 Å². The Balaban J connectivity index is 1.68. The molecule has 3 aromatic carbocycles. The summed E-state index contributed by atoms with van der Waals surface area (Å²) in [5, 5.41) is 0. The molecule has 0 bridgehead atoms. The maximum atomic E-state index is 12.6. The van der Waals surface area contributed by atoms with E-state index < -0.39 is 16.0 Å². The lowest BCUT2D eigenvalue weighted by atomic mass is 10.2. The van der Waals surface area contributed by atoms with E-state index in [4.69, 9.17) is 4.74 Å². The fraction of sp³-hybridized carbons (Fsp3) is 0.0455. The van der Waals surface area contributed by atoms with Gasteiger partial charge in [0, 0.05) is 13.1 Å². The van der Waals surface area contributed by atoms with Gasteiger partial charge in [-0.1, -0.05) is 48.5 Å². The summed E-state index contributed by atoms with van der Waals surface area (Å²) >= 11 is 0. The van der Waals surface area contributed by atoms with Crippen molar-refractivity contribution < 1.29 is 17.9 Å². The van der Waals surface area contributed by atoms with Crippen molar-refractivity contribution >= 4 is 27.8 Å². The van der Waals surface area contributed by atoms with E-state index in [0.717, 1.165) is 5.56 Å². The third kappa shape index (κ3) is 4.66. The van der Waals surface area contributed by atoms with Crippen LogP contribution in [0.25, 0.3) is 6.08 Å². The largest absolute Gasteiger partial charge is 0.423 e. The standard InChI is InChI=1S/C22H19NO4S/c1-23(28(25,26)21-10-6-3-7-11-21)19-13-15-20(16-14-19)27-22(24)17-12-18-8-4-2-5-9-18/h2-17H,1H3/b17-12+. The van der Waals surface area contributed by atoms with Crippen LogP contribution >= 0.6 is 0 Å². The van der Waals surface area contributed by atoms with E-state index in [0.29, 0.717) is 11.4 Å². The van der Waals surface area contributed by atoms with Crippen molar-refractivity contribution in [3.63, 3.8) is 0 Å². The molecule has 0 spiro atoms. The predicted molar refractivity (Wildman–Crippen MR) is 110 cm³/mol. The molecule has 3 aromatic rings. The van der Waals surface area contributed by atoms with E-state index in [1.165, 1.54) is 17.4 Å². The van der Waals surface area contributed by atoms with Gasteiger partial charge < -0.3 is 4.74 Å². The first kappa shape index (κ1) is 19.4. The highest BCUT2D eigenvalue weighted by Crippen LogP contribution is 2.24. The maximum Gasteiger partial charge on any atom is 0.336 e. The number of anilines is 1. The molecule has 3 rings (SSSR count). The molecule has 6 heteroatoms. The number of nitrogens with zero attached hydrogens (tertiary/aromatic N) is 1. The molecule has 142 valence electrons. The Morgan fingerprint density at radius 2 is 1.43 bits per heavy atom. The number of benzene rings is 3. The summed E-state index contributed by atoms with van der Waals surface area (Å²) in [6.07, 6.45) is 3.01. The van der Waals surface area contributed by atoms with Crippen LogP contribution in [0, 0.1) is 0 Å². The van der Waals surface area contributed by atoms with Gasteiger partial charge in [-0.05, 0) is 48.0 Å². The first-order valence-corrected chi connectivity index (χ1v) is 10.00. The van der Waals surface area contributed by atoms with E-state index in [1.807, 2.05) is 30.3 Å². The van der Waals surface area contributed by atoms with Crippen LogP contribution in [0.3, 0.4) is 0 Å². The van der Waals surface area contributed by atoms with Crippen LogP contribution in [-0.2, 0) is 14.8 Å². The molecule has 0 aliphatic heterocycles. The summed E-state index contributed by atoms with van der Waals surface area (Å²) in [7, 11) is -2.17. The summed E-state index contributed by atoms with van der Waals surface area (Å²) in [5.41, 5.74) is 1.35. The van der Waals surface area contributed by atoms with Gasteiger partial charge in [0.2, 0.25) is 0 Å². The zero-order chi connectivity index (χ0) is 20.0. The summed E-state index contributed by atoms with van der Waals surface area (Å²) in [6.45, 7) is 0. The first-order valence-electron chi connectivity index (χ1n) is 8.56. The molecular weight excluding hydrogens is 374 g/mol. The Morgan fingerprint density at radius 1 is 0.857 bits per heavy atom. The number of hydrogen-bond donors (Lipinski definition) is 0. The molecule has 0 aromatic heterocycles. The summed E-state index contributed by atoms with van der Waals surface area (Å²) in [4.78, 5) is 12.1. The highest BCUT2D eigenvalue weighted by atomic mass is 32.2. The van der Waals surface area contributed by atoms with Gasteiger partial charge in [0.1, 0.15) is 5.75 Å². The Kier molecular flexibility index (Phi) is 5.91. The van der Waals surface area contributed by atoms with Gasteiger partial charge in [-0.3, -0.25) is 4.31 Å². The number of esters is 1.